The molecule has 1 saturated heterocycles. The first-order valence-electron chi connectivity index (χ1n) is 11.2. The summed E-state index contributed by atoms with van der Waals surface area (Å²) in [5, 5.41) is 30.2. The third-order valence-electron chi connectivity index (χ3n) is 5.76. The molecule has 7 N–H and O–H groups in total. The second kappa shape index (κ2) is 15.9. The Balaban J connectivity index is 0.00000169. The number of anilines is 1. The second-order valence-corrected chi connectivity index (χ2v) is 9.53. The van der Waals surface area contributed by atoms with Crippen molar-refractivity contribution in [2.45, 2.75) is 44.8 Å². The first-order chi connectivity index (χ1) is 19.5. The fraction of sp³-hybridized carbons (Fsp3) is 0.364. The van der Waals surface area contributed by atoms with Crippen molar-refractivity contribution in [1.82, 2.24) is 24.5 Å². The molecule has 0 aliphatic carbocycles. The first kappa shape index (κ1) is 36.9. The molecule has 20 heteroatoms. The number of H-pyrrole nitrogens is 1. The van der Waals surface area contributed by atoms with Gasteiger partial charge in [0.15, 0.2) is 23.3 Å². The molecular weight excluding hydrogens is 627 g/mol. The summed E-state index contributed by atoms with van der Waals surface area (Å²) in [5.41, 5.74) is 5.82. The fourth-order valence-electron chi connectivity index (χ4n) is 3.90. The van der Waals surface area contributed by atoms with Gasteiger partial charge in [-0.05, 0) is 13.8 Å². The van der Waals surface area contributed by atoms with Crippen LogP contribution in [0.15, 0.2) is 11.1 Å². The Morgan fingerprint density at radius 1 is 1.24 bits per heavy atom. The number of nitrogens with zero attached hydrogens (tertiary/aromatic N) is 4. The molecule has 0 bridgehead atoms. The molecule has 226 valence electrons. The van der Waals surface area contributed by atoms with Crippen LogP contribution in [0.5, 0.6) is 11.6 Å². The number of aromatic nitrogens is 5. The number of nitrogens with one attached hydrogen (secondary N) is 1. The Morgan fingerprint density at radius 3 is 2.48 bits per heavy atom. The number of aliphatic hydroxyl groups excluding tert-OH is 3. The fourth-order valence-corrected chi connectivity index (χ4v) is 4.79. The topological polar surface area (TPSA) is 277 Å². The average molecular weight is 652 g/mol. The van der Waals surface area contributed by atoms with E-state index in [2.05, 4.69) is 40.3 Å². The molecule has 4 heterocycles. The molecule has 0 aromatic carbocycles. The number of hydrogen-bond donors (Lipinski definition) is 6. The number of imidazole rings is 1. The summed E-state index contributed by atoms with van der Waals surface area (Å²) >= 11 is 0. The van der Waals surface area contributed by atoms with Gasteiger partial charge in [-0.2, -0.15) is 12.1 Å². The summed E-state index contributed by atoms with van der Waals surface area (Å²) < 4.78 is 49.9. The molecule has 1 unspecified atom stereocenters. The van der Waals surface area contributed by atoms with Crippen LogP contribution in [0.2, 0.25) is 0 Å². The summed E-state index contributed by atoms with van der Waals surface area (Å²) in [6.07, 6.45) is -4.45. The number of rotatable bonds is 9. The third-order valence-corrected chi connectivity index (χ3v) is 6.65. The number of hydrogen-bond acceptors (Lipinski definition) is 13. The Morgan fingerprint density at radius 2 is 1.88 bits per heavy atom. The van der Waals surface area contributed by atoms with E-state index in [-0.39, 0.29) is 57.8 Å². The molecule has 5 atom stereocenters. The van der Waals surface area contributed by atoms with E-state index in [1.54, 1.807) is 6.92 Å². The van der Waals surface area contributed by atoms with Gasteiger partial charge in [0.05, 0.1) is 18.5 Å². The van der Waals surface area contributed by atoms with Gasteiger partial charge in [-0.3, -0.25) is 23.8 Å². The standard InChI is InChI=1S/C20H25N6O10P.2CO.Fe/c1-8-10(4-5-27)23-18(33-3)9(2)15(8)36-37(31,32)34-6-11-13(28)14(29)19(35-11)26-7-22-12-16(26)24-20(21)25-17(12)30;2*1-2;/h5,7,11,13-14,19,27-29H,3-4,6H2,1-2H3,(H,31,32)(H3,21,24,25,30);;;/q-2;;;+4/t11-,13-,14-,19-;;;/m1.../s1. The molecular formula is C22H25FeN6O12P+2. The van der Waals surface area contributed by atoms with Crippen LogP contribution in [0, 0.1) is 40.9 Å². The zero-order chi connectivity index (χ0) is 31.1. The van der Waals surface area contributed by atoms with Crippen molar-refractivity contribution in [3.05, 3.63) is 60.5 Å². The van der Waals surface area contributed by atoms with E-state index in [0.717, 1.165) is 6.61 Å². The Bertz CT molecular complexity index is 1510. The van der Waals surface area contributed by atoms with Crippen molar-refractivity contribution in [2.75, 3.05) is 12.3 Å². The van der Waals surface area contributed by atoms with Crippen LogP contribution in [-0.2, 0) is 46.6 Å². The van der Waals surface area contributed by atoms with Crippen molar-refractivity contribution >= 4 is 24.9 Å². The van der Waals surface area contributed by atoms with Gasteiger partial charge < -0.3 is 35.1 Å². The van der Waals surface area contributed by atoms with Gasteiger partial charge in [-0.15, -0.1) is 6.42 Å². The van der Waals surface area contributed by atoms with E-state index >= 15 is 0 Å². The number of fused-ring (bicyclic) bond motifs is 1. The van der Waals surface area contributed by atoms with E-state index in [1.807, 2.05) is 0 Å². The average Bonchev–Trinajstić information content (AvgIpc) is 3.50. The second-order valence-electron chi connectivity index (χ2n) is 8.15. The predicted molar refractivity (Wildman–Crippen MR) is 132 cm³/mol. The Kier molecular flexibility index (Phi) is 14.0. The van der Waals surface area contributed by atoms with Gasteiger partial charge in [0.1, 0.15) is 24.1 Å². The number of phosphoric ester groups is 1. The maximum Gasteiger partial charge on any atom is 4.00 e. The molecule has 0 amide bonds. The van der Waals surface area contributed by atoms with Crippen molar-refractivity contribution in [2.24, 2.45) is 0 Å². The van der Waals surface area contributed by atoms with Gasteiger partial charge in [-0.1, -0.05) is 0 Å². The molecule has 0 radical (unpaired) electrons. The summed E-state index contributed by atoms with van der Waals surface area (Å²) in [5.74, 6) is -0.251. The van der Waals surface area contributed by atoms with Gasteiger partial charge in [0.2, 0.25) is 5.95 Å². The van der Waals surface area contributed by atoms with Crippen molar-refractivity contribution < 1.29 is 69.7 Å². The zero-order valence-electron chi connectivity index (χ0n) is 21.8. The summed E-state index contributed by atoms with van der Waals surface area (Å²) in [6, 6.07) is 0. The predicted octanol–water partition coefficient (Wildman–Crippen LogP) is -0.301. The maximum absolute atomic E-state index is 12.8. The van der Waals surface area contributed by atoms with E-state index < -0.39 is 44.5 Å². The quantitative estimate of drug-likeness (QED) is 0.0750. The van der Waals surface area contributed by atoms with Crippen LogP contribution >= 0.6 is 7.82 Å². The number of nitrogens with two attached hydrogens (primary N) is 1. The normalized spacial score (nSPS) is 20.6. The minimum atomic E-state index is -4.81. The molecule has 3 aromatic rings. The van der Waals surface area contributed by atoms with Crippen LogP contribution in [0.1, 0.15) is 23.0 Å². The largest absolute Gasteiger partial charge is 4.00 e. The van der Waals surface area contributed by atoms with Crippen molar-refractivity contribution in [3.63, 3.8) is 0 Å². The molecule has 18 nitrogen and oxygen atoms in total. The molecule has 42 heavy (non-hydrogen) atoms. The Labute approximate surface area is 248 Å². The monoisotopic (exact) mass is 652 g/mol. The Hall–Kier alpha value is -3.11. The number of phosphoric acid groups is 1. The summed E-state index contributed by atoms with van der Waals surface area (Å²) in [7, 11) is -1.52. The summed E-state index contributed by atoms with van der Waals surface area (Å²) in [6.45, 7) is 12.3. The van der Waals surface area contributed by atoms with Crippen molar-refractivity contribution in [3.8, 4) is 11.6 Å². The molecule has 1 fully saturated rings. The van der Waals surface area contributed by atoms with Gasteiger partial charge in [-0.25, -0.2) is 21.1 Å². The van der Waals surface area contributed by atoms with Crippen molar-refractivity contribution in [1.29, 1.82) is 0 Å². The smallest absolute Gasteiger partial charge is 0.652 e. The van der Waals surface area contributed by atoms with E-state index in [1.165, 1.54) is 17.8 Å². The van der Waals surface area contributed by atoms with Crippen LogP contribution in [-0.4, -0.2) is 69.6 Å². The number of ether oxygens (including phenoxy) is 2. The van der Waals surface area contributed by atoms with E-state index in [9.17, 15) is 24.5 Å². The first-order valence-corrected chi connectivity index (χ1v) is 12.7. The number of pyridine rings is 1. The van der Waals surface area contributed by atoms with Crippen LogP contribution in [0.3, 0.4) is 0 Å². The third kappa shape index (κ3) is 7.83. The zero-order valence-corrected chi connectivity index (χ0v) is 23.8. The van der Waals surface area contributed by atoms with Crippen LogP contribution in [0.4, 0.5) is 5.95 Å². The number of nitrogen functional groups attached to an aromatic ring is 1. The van der Waals surface area contributed by atoms with Gasteiger partial charge >= 0.3 is 47.5 Å². The van der Waals surface area contributed by atoms with Crippen LogP contribution in [0.25, 0.3) is 11.2 Å². The van der Waals surface area contributed by atoms with E-state index in [0.29, 0.717) is 11.3 Å². The van der Waals surface area contributed by atoms with E-state index in [4.69, 9.17) is 38.7 Å². The number of aliphatic hydroxyl groups is 3. The minimum absolute atomic E-state index is 0. The SMILES string of the molecule is [C-]#[O+].[C-]#[O+].[CH2-]Oc1nc(C[CH-]O)c(C)c(OP(=O)(O)OC[C@H]2O[C@@H](n3cnc4c(=O)[nH]c(N)nc43)[C@H](O)[C@@H]2O)c1C.[Fe+4]. The van der Waals surface area contributed by atoms with Gasteiger partial charge in [0, 0.05) is 11.3 Å². The molecule has 1 aliphatic rings. The molecule has 1 aliphatic heterocycles. The molecule has 0 spiro atoms. The molecule has 4 rings (SSSR count). The number of aromatic amines is 1. The molecule has 0 saturated carbocycles. The maximum atomic E-state index is 12.8. The molecule has 3 aromatic heterocycles. The van der Waals surface area contributed by atoms with Gasteiger partial charge in [0.25, 0.3) is 5.56 Å². The minimum Gasteiger partial charge on any atom is -0.652 e. The van der Waals surface area contributed by atoms with Crippen LogP contribution < -0.4 is 20.6 Å². The summed E-state index contributed by atoms with van der Waals surface area (Å²) in [4.78, 5) is 36.8.